The van der Waals surface area contributed by atoms with Gasteiger partial charge in [-0.15, -0.1) is 11.3 Å². The molecule has 102 valence electrons. The van der Waals surface area contributed by atoms with Crippen molar-refractivity contribution in [2.75, 3.05) is 5.32 Å². The van der Waals surface area contributed by atoms with Crippen LogP contribution in [0.1, 0.15) is 9.67 Å². The van der Waals surface area contributed by atoms with E-state index in [0.29, 0.717) is 4.88 Å². The summed E-state index contributed by atoms with van der Waals surface area (Å²) >= 11 is 1.49. The second-order valence-corrected chi connectivity index (χ2v) is 5.77. The van der Waals surface area contributed by atoms with Gasteiger partial charge in [-0.2, -0.15) is 0 Å². The number of carbonyl (C=O) groups excluding carboxylic acids is 1. The molecule has 3 heterocycles. The summed E-state index contributed by atoms with van der Waals surface area (Å²) in [7, 11) is 0. The summed E-state index contributed by atoms with van der Waals surface area (Å²) in [4.78, 5) is 20.4. The zero-order chi connectivity index (χ0) is 14.2. The van der Waals surface area contributed by atoms with E-state index in [1.165, 1.54) is 11.3 Å². The van der Waals surface area contributed by atoms with Crippen LogP contribution < -0.4 is 5.32 Å². The molecule has 0 aliphatic rings. The van der Waals surface area contributed by atoms with Gasteiger partial charge in [0.1, 0.15) is 5.65 Å². The predicted octanol–water partition coefficient (Wildman–Crippen LogP) is 4.03. The van der Waals surface area contributed by atoms with E-state index in [0.717, 1.165) is 26.8 Å². The molecule has 0 radical (unpaired) electrons. The summed E-state index contributed by atoms with van der Waals surface area (Å²) in [5, 5.41) is 4.95. The van der Waals surface area contributed by atoms with Gasteiger partial charge in [-0.1, -0.05) is 18.2 Å². The summed E-state index contributed by atoms with van der Waals surface area (Å²) in [6.07, 6.45) is 3.66. The Labute approximate surface area is 124 Å². The van der Waals surface area contributed by atoms with Crippen molar-refractivity contribution in [3.8, 4) is 0 Å². The van der Waals surface area contributed by atoms with Gasteiger partial charge in [0.15, 0.2) is 0 Å². The Balaban J connectivity index is 1.74. The largest absolute Gasteiger partial charge is 0.346 e. The first-order chi connectivity index (χ1) is 10.3. The lowest BCUT2D eigenvalue weighted by atomic mass is 10.2. The number of hydrogen-bond donors (Lipinski definition) is 2. The molecule has 1 aromatic carbocycles. The number of para-hydroxylation sites is 1. The number of H-pyrrole nitrogens is 1. The number of nitrogens with zero attached hydrogens (tertiary/aromatic N) is 1. The number of thiophene rings is 1. The van der Waals surface area contributed by atoms with E-state index in [2.05, 4.69) is 15.3 Å². The zero-order valence-corrected chi connectivity index (χ0v) is 11.8. The Morgan fingerprint density at radius 1 is 1.19 bits per heavy atom. The van der Waals surface area contributed by atoms with Crippen molar-refractivity contribution in [3.05, 3.63) is 59.7 Å². The third-order valence-corrected chi connectivity index (χ3v) is 4.50. The number of aromatic nitrogens is 2. The second kappa shape index (κ2) is 4.71. The van der Waals surface area contributed by atoms with Gasteiger partial charge in [0.05, 0.1) is 4.88 Å². The average Bonchev–Trinajstić information content (AvgIpc) is 3.14. The van der Waals surface area contributed by atoms with Crippen LogP contribution >= 0.6 is 11.3 Å². The second-order valence-electron chi connectivity index (χ2n) is 4.71. The molecule has 3 aromatic heterocycles. The molecule has 21 heavy (non-hydrogen) atoms. The smallest absolute Gasteiger partial charge is 0.265 e. The highest BCUT2D eigenvalue weighted by Gasteiger charge is 2.13. The lowest BCUT2D eigenvalue weighted by Crippen LogP contribution is -2.09. The molecule has 0 aliphatic heterocycles. The van der Waals surface area contributed by atoms with Crippen LogP contribution in [0.25, 0.3) is 21.1 Å². The highest BCUT2D eigenvalue weighted by atomic mass is 32.1. The van der Waals surface area contributed by atoms with E-state index >= 15 is 0 Å². The molecule has 0 saturated carbocycles. The van der Waals surface area contributed by atoms with Crippen molar-refractivity contribution >= 4 is 44.1 Å². The zero-order valence-electron chi connectivity index (χ0n) is 11.0. The van der Waals surface area contributed by atoms with Crippen molar-refractivity contribution in [1.82, 2.24) is 9.97 Å². The molecule has 0 bridgehead atoms. The topological polar surface area (TPSA) is 57.8 Å². The van der Waals surface area contributed by atoms with Crippen LogP contribution in [0.3, 0.4) is 0 Å². The lowest BCUT2D eigenvalue weighted by molar-refractivity contribution is 0.103. The number of aromatic amines is 1. The normalized spacial score (nSPS) is 11.0. The van der Waals surface area contributed by atoms with Gasteiger partial charge in [-0.25, -0.2) is 4.98 Å². The third kappa shape index (κ3) is 2.08. The minimum Gasteiger partial charge on any atom is -0.346 e. The fourth-order valence-electron chi connectivity index (χ4n) is 2.32. The molecular weight excluding hydrogens is 282 g/mol. The predicted molar refractivity (Wildman–Crippen MR) is 85.9 cm³/mol. The van der Waals surface area contributed by atoms with Crippen molar-refractivity contribution in [2.24, 2.45) is 0 Å². The first kappa shape index (κ1) is 12.1. The Kier molecular flexibility index (Phi) is 2.72. The van der Waals surface area contributed by atoms with Crippen LogP contribution in [0.15, 0.2) is 54.9 Å². The summed E-state index contributed by atoms with van der Waals surface area (Å²) in [6, 6.07) is 13.3. The lowest BCUT2D eigenvalue weighted by Gasteiger charge is -2.01. The number of anilines is 1. The van der Waals surface area contributed by atoms with E-state index in [1.807, 2.05) is 48.7 Å². The molecule has 0 atom stereocenters. The van der Waals surface area contributed by atoms with Gasteiger partial charge >= 0.3 is 0 Å². The fourth-order valence-corrected chi connectivity index (χ4v) is 3.38. The average molecular weight is 293 g/mol. The number of rotatable bonds is 2. The maximum atomic E-state index is 12.3. The SMILES string of the molecule is O=C(Nc1ccccc1)c1cc2cnc3[nH]ccc3c2s1. The number of benzene rings is 1. The van der Waals surface area contributed by atoms with E-state index in [-0.39, 0.29) is 5.91 Å². The van der Waals surface area contributed by atoms with Crippen molar-refractivity contribution in [2.45, 2.75) is 0 Å². The molecule has 0 aliphatic carbocycles. The number of nitrogens with one attached hydrogen (secondary N) is 2. The van der Waals surface area contributed by atoms with Crippen LogP contribution in [-0.2, 0) is 0 Å². The van der Waals surface area contributed by atoms with Crippen LogP contribution in [0, 0.1) is 0 Å². The van der Waals surface area contributed by atoms with Crippen molar-refractivity contribution in [3.63, 3.8) is 0 Å². The molecule has 0 saturated heterocycles. The van der Waals surface area contributed by atoms with Crippen LogP contribution in [-0.4, -0.2) is 15.9 Å². The highest BCUT2D eigenvalue weighted by Crippen LogP contribution is 2.31. The summed E-state index contributed by atoms with van der Waals surface area (Å²) < 4.78 is 1.08. The Hall–Kier alpha value is -2.66. The molecule has 1 amide bonds. The van der Waals surface area contributed by atoms with Crippen molar-refractivity contribution in [1.29, 1.82) is 0 Å². The van der Waals surface area contributed by atoms with Crippen LogP contribution in [0.2, 0.25) is 0 Å². The first-order valence-corrected chi connectivity index (χ1v) is 7.35. The molecule has 4 aromatic rings. The van der Waals surface area contributed by atoms with E-state index < -0.39 is 0 Å². The highest BCUT2D eigenvalue weighted by molar-refractivity contribution is 7.21. The Bertz CT molecular complexity index is 940. The standard InChI is InChI=1S/C16H11N3OS/c20-16(19-11-4-2-1-3-5-11)13-8-10-9-18-15-12(6-7-17-15)14(10)21-13/h1-9H,(H,17,18)(H,19,20). The molecular formula is C16H11N3OS. The van der Waals surface area contributed by atoms with E-state index in [9.17, 15) is 4.79 Å². The van der Waals surface area contributed by atoms with Gasteiger partial charge in [0.2, 0.25) is 0 Å². The summed E-state index contributed by atoms with van der Waals surface area (Å²) in [5.74, 6) is -0.0916. The number of fused-ring (bicyclic) bond motifs is 3. The van der Waals surface area contributed by atoms with Crippen LogP contribution in [0.5, 0.6) is 0 Å². The molecule has 4 rings (SSSR count). The number of carbonyl (C=O) groups is 1. The molecule has 0 unspecified atom stereocenters. The van der Waals surface area contributed by atoms with E-state index in [1.54, 1.807) is 6.20 Å². The number of hydrogen-bond acceptors (Lipinski definition) is 3. The molecule has 0 fully saturated rings. The molecule has 0 spiro atoms. The molecule has 2 N–H and O–H groups in total. The van der Waals surface area contributed by atoms with Gasteiger partial charge in [-0.05, 0) is 24.3 Å². The fraction of sp³-hybridized carbons (Fsp3) is 0. The summed E-state index contributed by atoms with van der Waals surface area (Å²) in [5.41, 5.74) is 1.64. The monoisotopic (exact) mass is 293 g/mol. The minimum atomic E-state index is -0.0916. The quantitative estimate of drug-likeness (QED) is 0.586. The van der Waals surface area contributed by atoms with Gasteiger partial charge < -0.3 is 10.3 Å². The summed E-state index contributed by atoms with van der Waals surface area (Å²) in [6.45, 7) is 0. The van der Waals surface area contributed by atoms with Gasteiger partial charge in [0.25, 0.3) is 5.91 Å². The Morgan fingerprint density at radius 3 is 2.90 bits per heavy atom. The maximum absolute atomic E-state index is 12.3. The molecule has 5 heteroatoms. The first-order valence-electron chi connectivity index (χ1n) is 6.53. The Morgan fingerprint density at radius 2 is 2.05 bits per heavy atom. The third-order valence-electron chi connectivity index (χ3n) is 3.32. The van der Waals surface area contributed by atoms with Crippen LogP contribution in [0.4, 0.5) is 5.69 Å². The van der Waals surface area contributed by atoms with E-state index in [4.69, 9.17) is 0 Å². The van der Waals surface area contributed by atoms with Gasteiger partial charge in [-0.3, -0.25) is 4.79 Å². The maximum Gasteiger partial charge on any atom is 0.265 e. The van der Waals surface area contributed by atoms with Gasteiger partial charge in [0, 0.05) is 33.6 Å². The molecule has 4 nitrogen and oxygen atoms in total. The number of pyridine rings is 1. The minimum absolute atomic E-state index is 0.0916. The van der Waals surface area contributed by atoms with Crippen molar-refractivity contribution < 1.29 is 4.79 Å². The number of amides is 1.